The number of aromatic nitrogens is 2. The average Bonchev–Trinajstić information content (AvgIpc) is 2.94. The summed E-state index contributed by atoms with van der Waals surface area (Å²) < 4.78 is 20.6. The molecule has 1 aliphatic heterocycles. The highest BCUT2D eigenvalue weighted by molar-refractivity contribution is 5.76. The summed E-state index contributed by atoms with van der Waals surface area (Å²) in [5, 5.41) is 7.47. The minimum atomic E-state index is -0.254. The number of hydrogen-bond donors (Lipinski definition) is 1. The van der Waals surface area contributed by atoms with Gasteiger partial charge in [0.2, 0.25) is 5.91 Å². The van der Waals surface area contributed by atoms with Crippen LogP contribution < -0.4 is 5.32 Å². The van der Waals surface area contributed by atoms with Crippen molar-refractivity contribution < 1.29 is 13.9 Å². The largest absolute Gasteiger partial charge is 0.379 e. The third kappa shape index (κ3) is 4.97. The van der Waals surface area contributed by atoms with E-state index in [4.69, 9.17) is 4.74 Å². The maximum atomic E-state index is 13.3. The minimum Gasteiger partial charge on any atom is -0.379 e. The molecule has 1 atom stereocenters. The highest BCUT2D eigenvalue weighted by Gasteiger charge is 2.23. The number of carbonyl (C=O) groups is 1. The topological polar surface area (TPSA) is 59.4 Å². The number of nitrogens with zero attached hydrogens (tertiary/aromatic N) is 3. The van der Waals surface area contributed by atoms with Crippen molar-refractivity contribution in [3.63, 3.8) is 0 Å². The minimum absolute atomic E-state index is 0.00955. The first-order chi connectivity index (χ1) is 13.5. The van der Waals surface area contributed by atoms with Crippen LogP contribution in [0.15, 0.2) is 24.3 Å². The number of halogens is 1. The van der Waals surface area contributed by atoms with Crippen molar-refractivity contribution in [3.8, 4) is 0 Å². The monoisotopic (exact) mass is 388 g/mol. The molecule has 1 unspecified atom stereocenters. The summed E-state index contributed by atoms with van der Waals surface area (Å²) in [4.78, 5) is 14.8. The molecule has 1 aliphatic rings. The smallest absolute Gasteiger partial charge is 0.220 e. The maximum Gasteiger partial charge on any atom is 0.220 e. The van der Waals surface area contributed by atoms with Gasteiger partial charge in [-0.2, -0.15) is 5.10 Å². The molecule has 152 valence electrons. The van der Waals surface area contributed by atoms with Gasteiger partial charge in [0.05, 0.1) is 24.9 Å². The first kappa shape index (κ1) is 20.5. The van der Waals surface area contributed by atoms with E-state index in [9.17, 15) is 9.18 Å². The lowest BCUT2D eigenvalue weighted by Gasteiger charge is -2.35. The van der Waals surface area contributed by atoms with Crippen molar-refractivity contribution in [3.05, 3.63) is 52.6 Å². The predicted octanol–water partition coefficient (Wildman–Crippen LogP) is 2.30. The molecule has 1 N–H and O–H groups in total. The van der Waals surface area contributed by atoms with Gasteiger partial charge in [-0.25, -0.2) is 4.39 Å². The first-order valence-electron chi connectivity index (χ1n) is 9.78. The van der Waals surface area contributed by atoms with Gasteiger partial charge in [-0.15, -0.1) is 0 Å². The molecule has 1 amide bonds. The molecule has 28 heavy (non-hydrogen) atoms. The lowest BCUT2D eigenvalue weighted by Crippen LogP contribution is -2.43. The van der Waals surface area contributed by atoms with E-state index in [0.717, 1.165) is 35.6 Å². The van der Waals surface area contributed by atoms with Gasteiger partial charge in [0.25, 0.3) is 0 Å². The molecule has 3 rings (SSSR count). The number of nitrogens with one attached hydrogen (secondary N) is 1. The predicted molar refractivity (Wildman–Crippen MR) is 106 cm³/mol. The Hall–Kier alpha value is -2.25. The van der Waals surface area contributed by atoms with Gasteiger partial charge in [-0.1, -0.05) is 12.1 Å². The second-order valence-electron chi connectivity index (χ2n) is 7.29. The van der Waals surface area contributed by atoms with E-state index in [1.54, 1.807) is 12.1 Å². The molecular formula is C21H29FN4O2. The molecule has 1 saturated heterocycles. The molecule has 1 fully saturated rings. The first-order valence-corrected chi connectivity index (χ1v) is 9.78. The average molecular weight is 388 g/mol. The fraction of sp³-hybridized carbons (Fsp3) is 0.524. The van der Waals surface area contributed by atoms with Gasteiger partial charge in [-0.3, -0.25) is 14.4 Å². The van der Waals surface area contributed by atoms with Crippen molar-refractivity contribution in [1.29, 1.82) is 0 Å². The SMILES string of the molecule is Cc1nn(C)c(C)c1CCC(=O)NCC(c1ccc(F)cc1)N1CCOCC1. The van der Waals surface area contributed by atoms with Gasteiger partial charge in [-0.05, 0) is 43.5 Å². The normalized spacial score (nSPS) is 16.1. The van der Waals surface area contributed by atoms with E-state index in [0.29, 0.717) is 32.6 Å². The van der Waals surface area contributed by atoms with E-state index in [1.165, 1.54) is 12.1 Å². The standard InChI is InChI=1S/C21H29FN4O2/c1-15-19(16(2)25(3)24-15)8-9-21(27)23-14-20(26-10-12-28-13-11-26)17-4-6-18(22)7-5-17/h4-7,20H,8-14H2,1-3H3,(H,23,27). The third-order valence-corrected chi connectivity index (χ3v) is 5.49. The summed E-state index contributed by atoms with van der Waals surface area (Å²) in [6, 6.07) is 6.54. The molecule has 0 spiro atoms. The van der Waals surface area contributed by atoms with E-state index in [-0.39, 0.29) is 17.8 Å². The zero-order chi connectivity index (χ0) is 20.1. The summed E-state index contributed by atoms with van der Waals surface area (Å²) in [5.74, 6) is -0.237. The maximum absolute atomic E-state index is 13.3. The number of benzene rings is 1. The Morgan fingerprint density at radius 1 is 1.25 bits per heavy atom. The second-order valence-corrected chi connectivity index (χ2v) is 7.29. The van der Waals surface area contributed by atoms with Crippen molar-refractivity contribution >= 4 is 5.91 Å². The van der Waals surface area contributed by atoms with Gasteiger partial charge in [0, 0.05) is 38.8 Å². The number of aryl methyl sites for hydroxylation is 2. The highest BCUT2D eigenvalue weighted by atomic mass is 19.1. The summed E-state index contributed by atoms with van der Waals surface area (Å²) in [5.41, 5.74) is 4.22. The lowest BCUT2D eigenvalue weighted by molar-refractivity contribution is -0.121. The Morgan fingerprint density at radius 3 is 2.54 bits per heavy atom. The van der Waals surface area contributed by atoms with Crippen molar-refractivity contribution in [2.24, 2.45) is 7.05 Å². The fourth-order valence-electron chi connectivity index (χ4n) is 3.75. The van der Waals surface area contributed by atoms with Crippen LogP contribution in [0.2, 0.25) is 0 Å². The molecule has 0 radical (unpaired) electrons. The van der Waals surface area contributed by atoms with Crippen molar-refractivity contribution in [2.45, 2.75) is 32.7 Å². The van der Waals surface area contributed by atoms with Crippen LogP contribution in [0.3, 0.4) is 0 Å². The molecule has 0 bridgehead atoms. The van der Waals surface area contributed by atoms with Gasteiger partial charge < -0.3 is 10.1 Å². The van der Waals surface area contributed by atoms with E-state index in [1.807, 2.05) is 25.6 Å². The summed E-state index contributed by atoms with van der Waals surface area (Å²) in [6.07, 6.45) is 1.10. The molecule has 7 heteroatoms. The highest BCUT2D eigenvalue weighted by Crippen LogP contribution is 2.22. The zero-order valence-corrected chi connectivity index (χ0v) is 16.9. The molecule has 6 nitrogen and oxygen atoms in total. The van der Waals surface area contributed by atoms with Gasteiger partial charge in [0.1, 0.15) is 5.82 Å². The molecular weight excluding hydrogens is 359 g/mol. The zero-order valence-electron chi connectivity index (χ0n) is 16.9. The molecule has 0 aliphatic carbocycles. The van der Waals surface area contributed by atoms with Crippen LogP contribution in [0.1, 0.15) is 35.0 Å². The fourth-order valence-corrected chi connectivity index (χ4v) is 3.75. The number of rotatable bonds is 7. The van der Waals surface area contributed by atoms with E-state index in [2.05, 4.69) is 15.3 Å². The van der Waals surface area contributed by atoms with Gasteiger partial charge in [0.15, 0.2) is 0 Å². The van der Waals surface area contributed by atoms with Crippen molar-refractivity contribution in [2.75, 3.05) is 32.8 Å². The van der Waals surface area contributed by atoms with E-state index >= 15 is 0 Å². The van der Waals surface area contributed by atoms with Crippen LogP contribution in [0.25, 0.3) is 0 Å². The number of ether oxygens (including phenoxy) is 1. The Kier molecular flexibility index (Phi) is 6.80. The third-order valence-electron chi connectivity index (χ3n) is 5.49. The summed E-state index contributed by atoms with van der Waals surface area (Å²) in [7, 11) is 1.92. The molecule has 1 aromatic heterocycles. The quantitative estimate of drug-likeness (QED) is 0.791. The second kappa shape index (κ2) is 9.30. The van der Waals surface area contributed by atoms with E-state index < -0.39 is 0 Å². The molecule has 2 heterocycles. The van der Waals surface area contributed by atoms with Crippen LogP contribution in [0, 0.1) is 19.7 Å². The summed E-state index contributed by atoms with van der Waals surface area (Å²) >= 11 is 0. The number of morpholine rings is 1. The molecule has 2 aromatic rings. The Labute approximate surface area is 165 Å². The summed E-state index contributed by atoms with van der Waals surface area (Å²) in [6.45, 7) is 7.43. The van der Waals surface area contributed by atoms with Crippen LogP contribution >= 0.6 is 0 Å². The Morgan fingerprint density at radius 2 is 1.93 bits per heavy atom. The number of hydrogen-bond acceptors (Lipinski definition) is 4. The van der Waals surface area contributed by atoms with Crippen LogP contribution in [0.4, 0.5) is 4.39 Å². The van der Waals surface area contributed by atoms with Crippen LogP contribution in [0.5, 0.6) is 0 Å². The van der Waals surface area contributed by atoms with Gasteiger partial charge >= 0.3 is 0 Å². The van der Waals surface area contributed by atoms with Crippen molar-refractivity contribution in [1.82, 2.24) is 20.0 Å². The van der Waals surface area contributed by atoms with Crippen LogP contribution in [-0.4, -0.2) is 53.4 Å². The lowest BCUT2D eigenvalue weighted by atomic mass is 10.0. The number of amides is 1. The number of carbonyl (C=O) groups excluding carboxylic acids is 1. The van der Waals surface area contributed by atoms with Crippen LogP contribution in [-0.2, 0) is 23.0 Å². The Bertz CT molecular complexity index is 797. The Balaban J connectivity index is 1.60. The molecule has 1 aromatic carbocycles. The molecule has 0 saturated carbocycles.